The Balaban J connectivity index is 2.37. The van der Waals surface area contributed by atoms with Crippen LogP contribution in [-0.4, -0.2) is 9.97 Å². The molecule has 1 aromatic heterocycles. The second kappa shape index (κ2) is 5.24. The number of aryl methyl sites for hydroxylation is 1. The van der Waals surface area contributed by atoms with Crippen LogP contribution in [-0.2, 0) is 6.18 Å². The normalized spacial score (nSPS) is 11.5. The van der Waals surface area contributed by atoms with Crippen LogP contribution in [0.25, 0.3) is 0 Å². The van der Waals surface area contributed by atoms with Crippen molar-refractivity contribution >= 4 is 23.1 Å². The van der Waals surface area contributed by atoms with Gasteiger partial charge in [0.15, 0.2) is 11.6 Å². The lowest BCUT2D eigenvalue weighted by molar-refractivity contribution is -0.138. The molecule has 106 valence electrons. The van der Waals surface area contributed by atoms with Gasteiger partial charge in [-0.1, -0.05) is 6.07 Å². The Morgan fingerprint density at radius 2 is 1.95 bits per heavy atom. The summed E-state index contributed by atoms with van der Waals surface area (Å²) in [6.07, 6.45) is -3.65. The van der Waals surface area contributed by atoms with Crippen LogP contribution in [0.4, 0.5) is 29.1 Å². The van der Waals surface area contributed by atoms with E-state index in [9.17, 15) is 17.6 Å². The molecule has 2 aromatic rings. The van der Waals surface area contributed by atoms with Gasteiger partial charge in [0.05, 0.1) is 11.8 Å². The quantitative estimate of drug-likeness (QED) is 0.662. The lowest BCUT2D eigenvalue weighted by atomic mass is 10.1. The minimum Gasteiger partial charge on any atom is -0.338 e. The predicted molar refractivity (Wildman–Crippen MR) is 66.5 cm³/mol. The molecule has 0 unspecified atom stereocenters. The lowest BCUT2D eigenvalue weighted by Crippen LogP contribution is -2.08. The Morgan fingerprint density at radius 3 is 2.60 bits per heavy atom. The number of hydrogen-bond donors (Lipinski definition) is 1. The van der Waals surface area contributed by atoms with E-state index < -0.39 is 17.6 Å². The molecule has 0 saturated heterocycles. The highest BCUT2D eigenvalue weighted by atomic mass is 35.5. The first-order valence-corrected chi connectivity index (χ1v) is 5.78. The number of anilines is 2. The van der Waals surface area contributed by atoms with Crippen molar-refractivity contribution in [2.45, 2.75) is 13.1 Å². The van der Waals surface area contributed by atoms with Crippen LogP contribution in [0, 0.1) is 12.7 Å². The van der Waals surface area contributed by atoms with Crippen LogP contribution < -0.4 is 5.32 Å². The summed E-state index contributed by atoms with van der Waals surface area (Å²) < 4.78 is 51.7. The van der Waals surface area contributed by atoms with E-state index in [4.69, 9.17) is 11.6 Å². The number of rotatable bonds is 2. The van der Waals surface area contributed by atoms with Gasteiger partial charge in [0, 0.05) is 5.69 Å². The van der Waals surface area contributed by atoms with E-state index in [1.165, 1.54) is 19.1 Å². The Labute approximate surface area is 116 Å². The third-order valence-electron chi connectivity index (χ3n) is 2.52. The molecule has 0 amide bonds. The van der Waals surface area contributed by atoms with E-state index in [0.717, 1.165) is 12.3 Å². The zero-order chi connectivity index (χ0) is 14.9. The molecule has 0 saturated carbocycles. The van der Waals surface area contributed by atoms with Gasteiger partial charge < -0.3 is 5.32 Å². The summed E-state index contributed by atoms with van der Waals surface area (Å²) in [5.41, 5.74) is -0.677. The highest BCUT2D eigenvalue weighted by Gasteiger charge is 2.32. The van der Waals surface area contributed by atoms with Crippen molar-refractivity contribution in [3.8, 4) is 0 Å². The third-order valence-corrected chi connectivity index (χ3v) is 2.70. The van der Waals surface area contributed by atoms with Gasteiger partial charge in [0.1, 0.15) is 0 Å². The van der Waals surface area contributed by atoms with Gasteiger partial charge in [-0.15, -0.1) is 0 Å². The number of alkyl halides is 3. The van der Waals surface area contributed by atoms with Gasteiger partial charge in [-0.05, 0) is 36.2 Å². The van der Waals surface area contributed by atoms with E-state index in [-0.39, 0.29) is 22.4 Å². The Morgan fingerprint density at radius 1 is 1.25 bits per heavy atom. The molecule has 0 aliphatic carbocycles. The van der Waals surface area contributed by atoms with Gasteiger partial charge in [-0.2, -0.15) is 18.2 Å². The van der Waals surface area contributed by atoms with Crippen molar-refractivity contribution in [2.24, 2.45) is 0 Å². The van der Waals surface area contributed by atoms with Gasteiger partial charge in [0.2, 0.25) is 5.28 Å². The van der Waals surface area contributed by atoms with Crippen LogP contribution >= 0.6 is 11.6 Å². The fourth-order valence-electron chi connectivity index (χ4n) is 1.58. The molecular formula is C12H8ClF4N3. The summed E-state index contributed by atoms with van der Waals surface area (Å²) >= 11 is 5.50. The van der Waals surface area contributed by atoms with Crippen molar-refractivity contribution in [1.82, 2.24) is 9.97 Å². The molecule has 1 heterocycles. The predicted octanol–water partition coefficient (Wildman–Crippen LogP) is 4.34. The monoisotopic (exact) mass is 305 g/mol. The molecule has 0 radical (unpaired) electrons. The maximum atomic E-state index is 13.4. The largest absolute Gasteiger partial charge is 0.416 e. The van der Waals surface area contributed by atoms with Crippen molar-refractivity contribution < 1.29 is 17.6 Å². The molecule has 0 atom stereocenters. The fourth-order valence-corrected chi connectivity index (χ4v) is 1.71. The minimum absolute atomic E-state index is 0.0524. The number of nitrogens with one attached hydrogen (secondary N) is 1. The minimum atomic E-state index is -4.48. The smallest absolute Gasteiger partial charge is 0.338 e. The van der Waals surface area contributed by atoms with Crippen molar-refractivity contribution in [3.05, 3.63) is 46.6 Å². The molecule has 0 aliphatic heterocycles. The van der Waals surface area contributed by atoms with Crippen LogP contribution in [0.15, 0.2) is 24.4 Å². The molecule has 0 bridgehead atoms. The number of nitrogens with zero attached hydrogens (tertiary/aromatic N) is 2. The van der Waals surface area contributed by atoms with Gasteiger partial charge >= 0.3 is 6.18 Å². The summed E-state index contributed by atoms with van der Waals surface area (Å²) in [5, 5.41) is 2.23. The molecular weight excluding hydrogens is 298 g/mol. The van der Waals surface area contributed by atoms with Crippen molar-refractivity contribution in [3.63, 3.8) is 0 Å². The molecule has 8 heteroatoms. The third kappa shape index (κ3) is 3.16. The molecule has 0 fully saturated rings. The summed E-state index contributed by atoms with van der Waals surface area (Å²) in [5.74, 6) is -1.11. The zero-order valence-corrected chi connectivity index (χ0v) is 10.8. The van der Waals surface area contributed by atoms with Crippen molar-refractivity contribution in [2.75, 3.05) is 5.32 Å². The Bertz CT molecular complexity index is 643. The summed E-state index contributed by atoms with van der Waals surface area (Å²) in [7, 11) is 0. The highest BCUT2D eigenvalue weighted by Crippen LogP contribution is 2.34. The zero-order valence-electron chi connectivity index (χ0n) is 10.1. The molecule has 0 aliphatic rings. The average Bonchev–Trinajstić information content (AvgIpc) is 2.35. The van der Waals surface area contributed by atoms with Crippen LogP contribution in [0.3, 0.4) is 0 Å². The first-order valence-electron chi connectivity index (χ1n) is 5.40. The first-order chi connectivity index (χ1) is 9.27. The number of benzene rings is 1. The Hall–Kier alpha value is -1.89. The number of hydrogen-bond acceptors (Lipinski definition) is 3. The molecule has 1 N–H and O–H groups in total. The molecule has 1 aromatic carbocycles. The van der Waals surface area contributed by atoms with E-state index in [2.05, 4.69) is 15.3 Å². The maximum absolute atomic E-state index is 13.4. The van der Waals surface area contributed by atoms with Crippen LogP contribution in [0.2, 0.25) is 5.28 Å². The van der Waals surface area contributed by atoms with Crippen molar-refractivity contribution in [1.29, 1.82) is 0 Å². The van der Waals surface area contributed by atoms with Crippen LogP contribution in [0.1, 0.15) is 11.1 Å². The van der Waals surface area contributed by atoms with Gasteiger partial charge in [-0.25, -0.2) is 9.37 Å². The standard InChI is InChI=1S/C12H8ClF4N3/c1-6-2-3-7(4-8(6)12(15,16)17)19-10-9(14)5-18-11(13)20-10/h2-5H,1H3,(H,18,19,20). The van der Waals surface area contributed by atoms with Gasteiger partial charge in [-0.3, -0.25) is 0 Å². The van der Waals surface area contributed by atoms with E-state index >= 15 is 0 Å². The van der Waals surface area contributed by atoms with Gasteiger partial charge in [0.25, 0.3) is 0 Å². The Kier molecular flexibility index (Phi) is 3.80. The van der Waals surface area contributed by atoms with E-state index in [1.807, 2.05) is 0 Å². The highest BCUT2D eigenvalue weighted by molar-refractivity contribution is 6.28. The second-order valence-corrected chi connectivity index (χ2v) is 4.33. The average molecular weight is 306 g/mol. The molecule has 20 heavy (non-hydrogen) atoms. The summed E-state index contributed by atoms with van der Waals surface area (Å²) in [6.45, 7) is 1.34. The molecule has 0 spiro atoms. The maximum Gasteiger partial charge on any atom is 0.416 e. The van der Waals surface area contributed by atoms with E-state index in [1.54, 1.807) is 0 Å². The first kappa shape index (κ1) is 14.5. The molecule has 2 rings (SSSR count). The van der Waals surface area contributed by atoms with E-state index in [0.29, 0.717) is 0 Å². The summed E-state index contributed by atoms with van der Waals surface area (Å²) in [4.78, 5) is 6.98. The second-order valence-electron chi connectivity index (χ2n) is 3.99. The summed E-state index contributed by atoms with van der Waals surface area (Å²) in [6, 6.07) is 3.55. The molecule has 3 nitrogen and oxygen atoms in total. The lowest BCUT2D eigenvalue weighted by Gasteiger charge is -2.13. The fraction of sp³-hybridized carbons (Fsp3) is 0.167. The number of halogens is 5. The number of aromatic nitrogens is 2. The topological polar surface area (TPSA) is 37.8 Å². The van der Waals surface area contributed by atoms with Crippen LogP contribution in [0.5, 0.6) is 0 Å². The SMILES string of the molecule is Cc1ccc(Nc2nc(Cl)ncc2F)cc1C(F)(F)F.